The molecule has 200 valence electrons. The Morgan fingerprint density at radius 2 is 1.47 bits per heavy atom. The normalized spacial score (nSPS) is 9.35. The second-order valence-electron chi connectivity index (χ2n) is 8.26. The summed E-state index contributed by atoms with van der Waals surface area (Å²) < 4.78 is 2.01. The highest BCUT2D eigenvalue weighted by Gasteiger charge is 1.93. The van der Waals surface area contributed by atoms with Crippen LogP contribution in [0, 0.1) is 0 Å². The topological polar surface area (TPSA) is 60.0 Å². The molecule has 0 unspecified atom stereocenters. The molecule has 0 aliphatic heterocycles. The van der Waals surface area contributed by atoms with E-state index in [1.54, 1.807) is 18.7 Å². The summed E-state index contributed by atoms with van der Waals surface area (Å²) in [6.45, 7) is 19.6. The van der Waals surface area contributed by atoms with E-state index in [2.05, 4.69) is 76.4 Å². The first kappa shape index (κ1) is 36.8. The van der Waals surface area contributed by atoms with Gasteiger partial charge in [-0.25, -0.2) is 4.98 Å². The van der Waals surface area contributed by atoms with Gasteiger partial charge in [-0.1, -0.05) is 79.7 Å². The van der Waals surface area contributed by atoms with Crippen LogP contribution in [0.25, 0.3) is 0 Å². The number of aryl methyl sites for hydroxylation is 2. The Morgan fingerprint density at radius 3 is 1.76 bits per heavy atom. The van der Waals surface area contributed by atoms with Crippen LogP contribution in [-0.2, 0) is 13.0 Å². The average Bonchev–Trinajstić information content (AvgIpc) is 3.41. The highest BCUT2D eigenvalue weighted by Crippen LogP contribution is 1.96. The van der Waals surface area contributed by atoms with E-state index in [4.69, 9.17) is 5.73 Å². The van der Waals surface area contributed by atoms with Gasteiger partial charge in [-0.2, -0.15) is 0 Å². The lowest BCUT2D eigenvalue weighted by Crippen LogP contribution is -2.20. The molecule has 2 rings (SSSR count). The van der Waals surface area contributed by atoms with Gasteiger partial charge in [0.2, 0.25) is 0 Å². The van der Waals surface area contributed by atoms with E-state index in [9.17, 15) is 0 Å². The van der Waals surface area contributed by atoms with Gasteiger partial charge >= 0.3 is 0 Å². The van der Waals surface area contributed by atoms with Crippen LogP contribution in [-0.4, -0.2) is 46.1 Å². The zero-order valence-electron chi connectivity index (χ0n) is 24.1. The van der Waals surface area contributed by atoms with Gasteiger partial charge in [0, 0.05) is 31.3 Å². The minimum Gasteiger partial charge on any atom is -0.338 e. The molecule has 0 spiro atoms. The molecule has 2 aromatic heterocycles. The molecule has 0 aliphatic rings. The second-order valence-corrected chi connectivity index (χ2v) is 8.26. The van der Waals surface area contributed by atoms with E-state index in [1.807, 2.05) is 23.0 Å². The van der Waals surface area contributed by atoms with Crippen LogP contribution in [0.4, 0.5) is 0 Å². The SMILES string of the molecule is CCCC.CCCCCN(C)CCC.CCCCN.CCc1cccnc1.CCn1ccnc1. The molecule has 34 heavy (non-hydrogen) atoms. The lowest BCUT2D eigenvalue weighted by molar-refractivity contribution is 0.326. The maximum Gasteiger partial charge on any atom is 0.0945 e. The first-order chi connectivity index (χ1) is 16.5. The largest absolute Gasteiger partial charge is 0.338 e. The summed E-state index contributed by atoms with van der Waals surface area (Å²) in [5.74, 6) is 0. The summed E-state index contributed by atoms with van der Waals surface area (Å²) >= 11 is 0. The highest BCUT2D eigenvalue weighted by molar-refractivity contribution is 5.07. The van der Waals surface area contributed by atoms with Crippen LogP contribution < -0.4 is 5.73 Å². The Kier molecular flexibility index (Phi) is 36.2. The molecule has 0 amide bonds. The van der Waals surface area contributed by atoms with Crippen molar-refractivity contribution in [3.05, 3.63) is 48.8 Å². The van der Waals surface area contributed by atoms with Crippen LogP contribution in [0.2, 0.25) is 0 Å². The highest BCUT2D eigenvalue weighted by atomic mass is 15.1. The van der Waals surface area contributed by atoms with Crippen molar-refractivity contribution in [3.8, 4) is 0 Å². The molecule has 0 saturated heterocycles. The molecule has 0 radical (unpaired) electrons. The number of hydrogen-bond acceptors (Lipinski definition) is 4. The van der Waals surface area contributed by atoms with Crippen LogP contribution in [0.1, 0.15) is 105 Å². The molecular weight excluding hydrogens is 418 g/mol. The summed E-state index contributed by atoms with van der Waals surface area (Å²) in [6, 6.07) is 4.03. The Hall–Kier alpha value is -1.72. The second kappa shape index (κ2) is 33.5. The quantitative estimate of drug-likeness (QED) is 0.338. The zero-order valence-corrected chi connectivity index (χ0v) is 24.1. The molecule has 0 aliphatic carbocycles. The Labute approximate surface area is 213 Å². The number of aromatic nitrogens is 3. The lowest BCUT2D eigenvalue weighted by atomic mass is 10.2. The van der Waals surface area contributed by atoms with Crippen LogP contribution in [0.15, 0.2) is 43.2 Å². The maximum atomic E-state index is 5.14. The van der Waals surface area contributed by atoms with Crippen molar-refractivity contribution in [1.29, 1.82) is 0 Å². The third kappa shape index (κ3) is 32.5. The predicted octanol–water partition coefficient (Wildman–Crippen LogP) is 7.62. The molecule has 0 atom stereocenters. The predicted molar refractivity (Wildman–Crippen MR) is 153 cm³/mol. The molecule has 2 heterocycles. The standard InChI is InChI=1S/C9H21N.C7H9N.C5H8N2.C4H11N.C4H10/c1-4-6-7-9-10(3)8-5-2;1-2-7-4-3-5-8-6-7;1-2-7-4-3-6-5-7;1-2-3-4-5;1-3-4-2/h4-9H2,1-3H3;3-6H,2H2,1H3;3-5H,2H2,1H3;2-5H2,1H3;3-4H2,1-2H3. The van der Waals surface area contributed by atoms with Gasteiger partial charge in [0.15, 0.2) is 0 Å². The molecule has 0 saturated carbocycles. The molecular formula is C29H59N5. The third-order valence-electron chi connectivity index (χ3n) is 4.86. The van der Waals surface area contributed by atoms with Gasteiger partial charge in [-0.3, -0.25) is 4.98 Å². The number of unbranched alkanes of at least 4 members (excludes halogenated alkanes) is 4. The van der Waals surface area contributed by atoms with E-state index >= 15 is 0 Å². The van der Waals surface area contributed by atoms with Crippen molar-refractivity contribution in [3.63, 3.8) is 0 Å². The van der Waals surface area contributed by atoms with Crippen molar-refractivity contribution in [2.24, 2.45) is 5.73 Å². The average molecular weight is 478 g/mol. The van der Waals surface area contributed by atoms with Crippen LogP contribution in [0.3, 0.4) is 0 Å². The third-order valence-corrected chi connectivity index (χ3v) is 4.86. The van der Waals surface area contributed by atoms with Gasteiger partial charge in [0.25, 0.3) is 0 Å². The van der Waals surface area contributed by atoms with E-state index in [-0.39, 0.29) is 0 Å². The Balaban J connectivity index is -0.000000366. The van der Waals surface area contributed by atoms with Crippen molar-refractivity contribution in [2.45, 2.75) is 113 Å². The van der Waals surface area contributed by atoms with Gasteiger partial charge in [-0.15, -0.1) is 0 Å². The van der Waals surface area contributed by atoms with Crippen LogP contribution in [0.5, 0.6) is 0 Å². The summed E-state index contributed by atoms with van der Waals surface area (Å²) in [5.41, 5.74) is 6.44. The number of imidazole rings is 1. The van der Waals surface area contributed by atoms with Crippen LogP contribution >= 0.6 is 0 Å². The summed E-state index contributed by atoms with van der Waals surface area (Å²) in [6.07, 6.45) is 20.7. The molecule has 0 aromatic carbocycles. The van der Waals surface area contributed by atoms with E-state index in [1.165, 1.54) is 70.0 Å². The smallest absolute Gasteiger partial charge is 0.0945 e. The van der Waals surface area contributed by atoms with Crippen molar-refractivity contribution in [2.75, 3.05) is 26.7 Å². The Morgan fingerprint density at radius 1 is 0.794 bits per heavy atom. The van der Waals surface area contributed by atoms with Crippen molar-refractivity contribution >= 4 is 0 Å². The molecule has 5 heteroatoms. The summed E-state index contributed by atoms with van der Waals surface area (Å²) in [5, 5.41) is 0. The number of nitrogens with two attached hydrogens (primary N) is 1. The number of hydrogen-bond donors (Lipinski definition) is 1. The van der Waals surface area contributed by atoms with Gasteiger partial charge < -0.3 is 15.2 Å². The van der Waals surface area contributed by atoms with Crippen molar-refractivity contribution in [1.82, 2.24) is 19.4 Å². The zero-order chi connectivity index (χ0) is 26.3. The first-order valence-electron chi connectivity index (χ1n) is 13.7. The number of pyridine rings is 1. The minimum atomic E-state index is 0.844. The number of nitrogens with zero attached hydrogens (tertiary/aromatic N) is 4. The summed E-state index contributed by atoms with van der Waals surface area (Å²) in [4.78, 5) is 10.2. The fourth-order valence-electron chi connectivity index (χ4n) is 2.41. The van der Waals surface area contributed by atoms with E-state index in [0.29, 0.717) is 0 Å². The van der Waals surface area contributed by atoms with E-state index < -0.39 is 0 Å². The van der Waals surface area contributed by atoms with Gasteiger partial charge in [0.05, 0.1) is 6.33 Å². The molecule has 2 aromatic rings. The van der Waals surface area contributed by atoms with Crippen molar-refractivity contribution < 1.29 is 0 Å². The Bertz CT molecular complexity index is 539. The molecule has 0 fully saturated rings. The van der Waals surface area contributed by atoms with Gasteiger partial charge in [0.1, 0.15) is 0 Å². The maximum absolute atomic E-state index is 5.14. The summed E-state index contributed by atoms with van der Waals surface area (Å²) in [7, 11) is 2.21. The molecule has 2 N–H and O–H groups in total. The van der Waals surface area contributed by atoms with Gasteiger partial charge in [-0.05, 0) is 70.9 Å². The lowest BCUT2D eigenvalue weighted by Gasteiger charge is -2.14. The monoisotopic (exact) mass is 477 g/mol. The molecule has 5 nitrogen and oxygen atoms in total. The molecule has 0 bridgehead atoms. The first-order valence-corrected chi connectivity index (χ1v) is 13.7. The minimum absolute atomic E-state index is 0.844. The van der Waals surface area contributed by atoms with E-state index in [0.717, 1.165) is 19.5 Å². The fourth-order valence-corrected chi connectivity index (χ4v) is 2.41. The number of rotatable bonds is 11. The fraction of sp³-hybridized carbons (Fsp3) is 0.724.